The molecule has 1 N–H and O–H groups in total. The molecule has 0 aliphatic heterocycles. The second-order valence-electron chi connectivity index (χ2n) is 5.61. The van der Waals surface area contributed by atoms with Crippen molar-refractivity contribution >= 4 is 10.9 Å². The molecule has 1 heterocycles. The summed E-state index contributed by atoms with van der Waals surface area (Å²) in [5.41, 5.74) is 2.85. The van der Waals surface area contributed by atoms with Crippen LogP contribution >= 0.6 is 0 Å². The molecule has 0 saturated carbocycles. The highest BCUT2D eigenvalue weighted by atomic mass is 15.0. The molecule has 1 unspecified atom stereocenters. The Bertz CT molecular complexity index is 511. The average molecular weight is 244 g/mol. The van der Waals surface area contributed by atoms with Crippen molar-refractivity contribution in [1.82, 2.24) is 9.88 Å². The van der Waals surface area contributed by atoms with Gasteiger partial charge in [-0.1, -0.05) is 32.0 Å². The van der Waals surface area contributed by atoms with Gasteiger partial charge in [-0.3, -0.25) is 0 Å². The number of aromatic nitrogens is 1. The fraction of sp³-hybridized carbons (Fsp3) is 0.500. The Hall–Kier alpha value is -1.28. The van der Waals surface area contributed by atoms with Crippen molar-refractivity contribution in [2.24, 2.45) is 5.92 Å². The zero-order valence-electron chi connectivity index (χ0n) is 11.9. The van der Waals surface area contributed by atoms with Crippen LogP contribution in [0.3, 0.4) is 0 Å². The molecule has 18 heavy (non-hydrogen) atoms. The van der Waals surface area contributed by atoms with Gasteiger partial charge in [-0.2, -0.15) is 0 Å². The second-order valence-corrected chi connectivity index (χ2v) is 5.61. The number of benzene rings is 1. The molecule has 0 spiro atoms. The molecule has 2 rings (SSSR count). The quantitative estimate of drug-likeness (QED) is 0.852. The molecule has 1 aromatic carbocycles. The van der Waals surface area contributed by atoms with Crippen LogP contribution in [0.15, 0.2) is 30.5 Å². The summed E-state index contributed by atoms with van der Waals surface area (Å²) < 4.78 is 2.40. The van der Waals surface area contributed by atoms with Crippen molar-refractivity contribution in [3.05, 3.63) is 36.0 Å². The fourth-order valence-electron chi connectivity index (χ4n) is 2.48. The summed E-state index contributed by atoms with van der Waals surface area (Å²) in [6.07, 6.45) is 3.30. The Balaban J connectivity index is 2.41. The van der Waals surface area contributed by atoms with Gasteiger partial charge in [-0.25, -0.2) is 0 Å². The van der Waals surface area contributed by atoms with E-state index < -0.39 is 0 Å². The maximum absolute atomic E-state index is 3.32. The van der Waals surface area contributed by atoms with Gasteiger partial charge in [0.1, 0.15) is 0 Å². The Kier molecular flexibility index (Phi) is 4.07. The number of hydrogen-bond acceptors (Lipinski definition) is 1. The lowest BCUT2D eigenvalue weighted by atomic mass is 10.0. The molecule has 0 bridgehead atoms. The van der Waals surface area contributed by atoms with Crippen LogP contribution in [0.5, 0.6) is 0 Å². The van der Waals surface area contributed by atoms with Gasteiger partial charge in [0.15, 0.2) is 0 Å². The maximum atomic E-state index is 3.32. The van der Waals surface area contributed by atoms with E-state index in [0.717, 1.165) is 13.0 Å². The van der Waals surface area contributed by atoms with Crippen LogP contribution in [-0.4, -0.2) is 17.7 Å². The van der Waals surface area contributed by atoms with Crippen LogP contribution < -0.4 is 5.32 Å². The van der Waals surface area contributed by atoms with Crippen molar-refractivity contribution in [2.45, 2.75) is 39.8 Å². The molecule has 0 amide bonds. The largest absolute Gasteiger partial charge is 0.347 e. The van der Waals surface area contributed by atoms with Crippen molar-refractivity contribution in [1.29, 1.82) is 0 Å². The zero-order valence-corrected chi connectivity index (χ0v) is 11.9. The number of fused-ring (bicyclic) bond motifs is 1. The van der Waals surface area contributed by atoms with Crippen molar-refractivity contribution < 1.29 is 0 Å². The van der Waals surface area contributed by atoms with E-state index in [0.29, 0.717) is 12.0 Å². The SMILES string of the molecule is CNC(C)Cc1cccc2ccn(CC(C)C)c12. The summed E-state index contributed by atoms with van der Waals surface area (Å²) in [4.78, 5) is 0. The van der Waals surface area contributed by atoms with Crippen molar-refractivity contribution in [3.63, 3.8) is 0 Å². The number of nitrogens with one attached hydrogen (secondary N) is 1. The van der Waals surface area contributed by atoms with Crippen LogP contribution in [0.1, 0.15) is 26.3 Å². The lowest BCUT2D eigenvalue weighted by Gasteiger charge is -2.15. The normalized spacial score (nSPS) is 13.4. The average Bonchev–Trinajstić information content (AvgIpc) is 2.72. The van der Waals surface area contributed by atoms with Gasteiger partial charge in [0.2, 0.25) is 0 Å². The highest BCUT2D eigenvalue weighted by Crippen LogP contribution is 2.22. The van der Waals surface area contributed by atoms with Crippen LogP contribution in [0.4, 0.5) is 0 Å². The summed E-state index contributed by atoms with van der Waals surface area (Å²) in [7, 11) is 2.03. The van der Waals surface area contributed by atoms with E-state index in [9.17, 15) is 0 Å². The molecule has 2 nitrogen and oxygen atoms in total. The molecule has 1 aromatic heterocycles. The van der Waals surface area contributed by atoms with E-state index in [2.05, 4.69) is 61.1 Å². The number of rotatable bonds is 5. The fourth-order valence-corrected chi connectivity index (χ4v) is 2.48. The third kappa shape index (κ3) is 2.75. The monoisotopic (exact) mass is 244 g/mol. The predicted octanol–water partition coefficient (Wildman–Crippen LogP) is 3.45. The van der Waals surface area contributed by atoms with Gasteiger partial charge < -0.3 is 9.88 Å². The molecule has 2 aromatic rings. The third-order valence-electron chi connectivity index (χ3n) is 3.45. The van der Waals surface area contributed by atoms with Gasteiger partial charge >= 0.3 is 0 Å². The minimum absolute atomic E-state index is 0.512. The van der Waals surface area contributed by atoms with E-state index in [4.69, 9.17) is 0 Å². The molecule has 0 aliphatic carbocycles. The highest BCUT2D eigenvalue weighted by Gasteiger charge is 2.09. The van der Waals surface area contributed by atoms with E-state index >= 15 is 0 Å². The van der Waals surface area contributed by atoms with Crippen LogP contribution in [0.25, 0.3) is 10.9 Å². The van der Waals surface area contributed by atoms with Crippen molar-refractivity contribution in [2.75, 3.05) is 7.05 Å². The standard InChI is InChI=1S/C16H24N2/c1-12(2)11-18-9-8-14-6-5-7-15(16(14)18)10-13(3)17-4/h5-9,12-13,17H,10-11H2,1-4H3. The molecule has 0 saturated heterocycles. The van der Waals surface area contributed by atoms with Crippen LogP contribution in [-0.2, 0) is 13.0 Å². The Morgan fingerprint density at radius 3 is 2.61 bits per heavy atom. The number of nitrogens with zero attached hydrogens (tertiary/aromatic N) is 1. The smallest absolute Gasteiger partial charge is 0.0513 e. The Morgan fingerprint density at radius 1 is 1.17 bits per heavy atom. The van der Waals surface area contributed by atoms with Gasteiger partial charge in [0, 0.05) is 18.8 Å². The Labute approximate surface area is 110 Å². The number of likely N-dealkylation sites (N-methyl/N-ethyl adjacent to an activating group) is 1. The molecule has 0 radical (unpaired) electrons. The molecule has 1 atom stereocenters. The molecule has 0 fully saturated rings. The van der Waals surface area contributed by atoms with E-state index in [-0.39, 0.29) is 0 Å². The molecule has 0 aliphatic rings. The lowest BCUT2D eigenvalue weighted by Crippen LogP contribution is -2.23. The zero-order chi connectivity index (χ0) is 13.1. The topological polar surface area (TPSA) is 17.0 Å². The minimum Gasteiger partial charge on any atom is -0.347 e. The van der Waals surface area contributed by atoms with Gasteiger partial charge in [-0.05, 0) is 43.3 Å². The first kappa shape index (κ1) is 13.2. The van der Waals surface area contributed by atoms with Crippen LogP contribution in [0, 0.1) is 5.92 Å². The van der Waals surface area contributed by atoms with E-state index in [1.54, 1.807) is 0 Å². The summed E-state index contributed by atoms with van der Waals surface area (Å²) in [6, 6.07) is 9.37. The van der Waals surface area contributed by atoms with Gasteiger partial charge in [-0.15, -0.1) is 0 Å². The molecule has 2 heteroatoms. The number of hydrogen-bond donors (Lipinski definition) is 1. The summed E-state index contributed by atoms with van der Waals surface area (Å²) >= 11 is 0. The number of para-hydroxylation sites is 1. The summed E-state index contributed by atoms with van der Waals surface area (Å²) in [5, 5.41) is 4.68. The van der Waals surface area contributed by atoms with Gasteiger partial charge in [0.05, 0.1) is 5.52 Å². The highest BCUT2D eigenvalue weighted by molar-refractivity contribution is 5.83. The van der Waals surface area contributed by atoms with Crippen LogP contribution in [0.2, 0.25) is 0 Å². The van der Waals surface area contributed by atoms with Gasteiger partial charge in [0.25, 0.3) is 0 Å². The first-order chi connectivity index (χ1) is 8.61. The predicted molar refractivity (Wildman–Crippen MR) is 79.0 cm³/mol. The first-order valence-electron chi connectivity index (χ1n) is 6.85. The van der Waals surface area contributed by atoms with E-state index in [1.807, 2.05) is 7.05 Å². The molecular formula is C16H24N2. The molecule has 98 valence electrons. The minimum atomic E-state index is 0.512. The molecular weight excluding hydrogens is 220 g/mol. The van der Waals surface area contributed by atoms with E-state index in [1.165, 1.54) is 16.5 Å². The third-order valence-corrected chi connectivity index (χ3v) is 3.45. The summed E-state index contributed by atoms with van der Waals surface area (Å²) in [6.45, 7) is 7.86. The first-order valence-corrected chi connectivity index (χ1v) is 6.85. The Morgan fingerprint density at radius 2 is 1.94 bits per heavy atom. The summed E-state index contributed by atoms with van der Waals surface area (Å²) in [5.74, 6) is 0.676. The maximum Gasteiger partial charge on any atom is 0.0513 e. The van der Waals surface area contributed by atoms with Crippen molar-refractivity contribution in [3.8, 4) is 0 Å². The lowest BCUT2D eigenvalue weighted by molar-refractivity contribution is 0.533. The second kappa shape index (κ2) is 5.57.